The number of anilines is 1. The van der Waals surface area contributed by atoms with Gasteiger partial charge in [-0.3, -0.25) is 9.69 Å². The van der Waals surface area contributed by atoms with Crippen molar-refractivity contribution in [2.75, 3.05) is 44.2 Å². The summed E-state index contributed by atoms with van der Waals surface area (Å²) in [7, 11) is 0. The lowest BCUT2D eigenvalue weighted by molar-refractivity contribution is 0.0941. The molecule has 0 unspecified atom stereocenters. The number of hydrogen-bond donors (Lipinski definition) is 1. The van der Waals surface area contributed by atoms with Gasteiger partial charge in [-0.1, -0.05) is 19.1 Å². The number of aryl methyl sites for hydroxylation is 2. The monoisotopic (exact) mass is 342 g/mol. The predicted octanol–water partition coefficient (Wildman–Crippen LogP) is 2.10. The zero-order valence-corrected chi connectivity index (χ0v) is 15.0. The van der Waals surface area contributed by atoms with Gasteiger partial charge in [0, 0.05) is 51.4 Å². The minimum Gasteiger partial charge on any atom is -0.448 e. The lowest BCUT2D eigenvalue weighted by atomic mass is 10.2. The molecule has 0 aliphatic carbocycles. The van der Waals surface area contributed by atoms with Crippen LogP contribution in [0.3, 0.4) is 0 Å². The highest BCUT2D eigenvalue weighted by atomic mass is 16.3. The molecule has 2 heterocycles. The summed E-state index contributed by atoms with van der Waals surface area (Å²) >= 11 is 0. The first kappa shape index (κ1) is 17.5. The van der Waals surface area contributed by atoms with Crippen LogP contribution in [0.1, 0.15) is 28.7 Å². The number of carbonyl (C=O) groups excluding carboxylic acids is 1. The van der Waals surface area contributed by atoms with Gasteiger partial charge in [0.2, 0.25) is 0 Å². The third-order valence-electron chi connectivity index (χ3n) is 4.63. The summed E-state index contributed by atoms with van der Waals surface area (Å²) in [6, 6.07) is 8.65. The van der Waals surface area contributed by atoms with Crippen LogP contribution in [0.5, 0.6) is 0 Å². The van der Waals surface area contributed by atoms with Crippen molar-refractivity contribution in [2.45, 2.75) is 20.3 Å². The zero-order chi connectivity index (χ0) is 17.6. The molecule has 134 valence electrons. The molecule has 0 atom stereocenters. The van der Waals surface area contributed by atoms with E-state index in [1.165, 1.54) is 17.6 Å². The molecule has 0 saturated carbocycles. The van der Waals surface area contributed by atoms with Gasteiger partial charge in [0.05, 0.1) is 0 Å². The maximum Gasteiger partial charge on any atom is 0.273 e. The van der Waals surface area contributed by atoms with Crippen LogP contribution < -0.4 is 10.2 Å². The number of aromatic nitrogens is 1. The van der Waals surface area contributed by atoms with Crippen molar-refractivity contribution in [3.63, 3.8) is 0 Å². The summed E-state index contributed by atoms with van der Waals surface area (Å²) < 4.78 is 5.21. The number of amides is 1. The Kier molecular flexibility index (Phi) is 5.71. The second-order valence-electron chi connectivity index (χ2n) is 6.40. The van der Waals surface area contributed by atoms with E-state index in [4.69, 9.17) is 4.42 Å². The quantitative estimate of drug-likeness (QED) is 0.871. The van der Waals surface area contributed by atoms with Crippen molar-refractivity contribution >= 4 is 11.6 Å². The molecular weight excluding hydrogens is 316 g/mol. The van der Waals surface area contributed by atoms with Crippen molar-refractivity contribution in [3.8, 4) is 0 Å². The Hall–Kier alpha value is -2.34. The number of benzene rings is 1. The summed E-state index contributed by atoms with van der Waals surface area (Å²) in [5.74, 6) is 0.494. The molecule has 0 radical (unpaired) electrons. The summed E-state index contributed by atoms with van der Waals surface area (Å²) in [5, 5.41) is 2.94. The van der Waals surface area contributed by atoms with Gasteiger partial charge in [0.1, 0.15) is 5.76 Å². The van der Waals surface area contributed by atoms with Gasteiger partial charge in [-0.15, -0.1) is 0 Å². The van der Waals surface area contributed by atoms with Crippen LogP contribution in [0.25, 0.3) is 0 Å². The van der Waals surface area contributed by atoms with E-state index in [1.54, 1.807) is 0 Å². The average molecular weight is 342 g/mol. The van der Waals surface area contributed by atoms with Crippen LogP contribution in [-0.2, 0) is 6.42 Å². The standard InChI is InChI=1S/C19H26N4O2/c1-3-17-18(21-14-25-17)19(24)20-7-8-22-9-11-23(12-10-22)16-6-4-5-15(2)13-16/h4-6,13-14H,3,7-12H2,1-2H3,(H,20,24). The third-order valence-corrected chi connectivity index (χ3v) is 4.63. The molecular formula is C19H26N4O2. The van der Waals surface area contributed by atoms with E-state index >= 15 is 0 Å². The second-order valence-corrected chi connectivity index (χ2v) is 6.40. The minimum absolute atomic E-state index is 0.149. The van der Waals surface area contributed by atoms with E-state index in [1.807, 2.05) is 6.92 Å². The van der Waals surface area contributed by atoms with Gasteiger partial charge in [-0.05, 0) is 24.6 Å². The van der Waals surface area contributed by atoms with Gasteiger partial charge >= 0.3 is 0 Å². The highest BCUT2D eigenvalue weighted by molar-refractivity contribution is 5.93. The van der Waals surface area contributed by atoms with E-state index in [-0.39, 0.29) is 5.91 Å². The first-order valence-corrected chi connectivity index (χ1v) is 8.92. The Morgan fingerprint density at radius 1 is 1.28 bits per heavy atom. The van der Waals surface area contributed by atoms with Crippen molar-refractivity contribution in [3.05, 3.63) is 47.7 Å². The smallest absolute Gasteiger partial charge is 0.273 e. The molecule has 1 aliphatic rings. The predicted molar refractivity (Wildman–Crippen MR) is 98.0 cm³/mol. The van der Waals surface area contributed by atoms with Gasteiger partial charge < -0.3 is 14.6 Å². The van der Waals surface area contributed by atoms with Crippen LogP contribution in [0, 0.1) is 6.92 Å². The number of nitrogens with zero attached hydrogens (tertiary/aromatic N) is 3. The summed E-state index contributed by atoms with van der Waals surface area (Å²) in [5.41, 5.74) is 3.00. The number of hydrogen-bond acceptors (Lipinski definition) is 5. The maximum absolute atomic E-state index is 12.1. The Morgan fingerprint density at radius 3 is 2.80 bits per heavy atom. The fraction of sp³-hybridized carbons (Fsp3) is 0.474. The SMILES string of the molecule is CCc1ocnc1C(=O)NCCN1CCN(c2cccc(C)c2)CC1. The molecule has 1 fully saturated rings. The summed E-state index contributed by atoms with van der Waals surface area (Å²) in [6.07, 6.45) is 2.00. The topological polar surface area (TPSA) is 61.6 Å². The average Bonchev–Trinajstić information content (AvgIpc) is 3.11. The Labute approximate surface area is 148 Å². The van der Waals surface area contributed by atoms with E-state index in [0.29, 0.717) is 24.4 Å². The maximum atomic E-state index is 12.1. The van der Waals surface area contributed by atoms with E-state index in [0.717, 1.165) is 32.7 Å². The number of carbonyl (C=O) groups is 1. The molecule has 0 bridgehead atoms. The van der Waals surface area contributed by atoms with Crippen molar-refractivity contribution in [1.29, 1.82) is 0 Å². The fourth-order valence-electron chi connectivity index (χ4n) is 3.17. The molecule has 1 saturated heterocycles. The Bertz CT molecular complexity index is 705. The van der Waals surface area contributed by atoms with Crippen LogP contribution in [-0.4, -0.2) is 55.1 Å². The van der Waals surface area contributed by atoms with Crippen LogP contribution in [0.15, 0.2) is 35.1 Å². The molecule has 1 aliphatic heterocycles. The molecule has 3 rings (SSSR count). The lowest BCUT2D eigenvalue weighted by Crippen LogP contribution is -2.48. The number of nitrogens with one attached hydrogen (secondary N) is 1. The number of oxazole rings is 1. The van der Waals surface area contributed by atoms with Gasteiger partial charge in [-0.2, -0.15) is 0 Å². The Balaban J connectivity index is 1.41. The molecule has 1 aromatic heterocycles. The van der Waals surface area contributed by atoms with Crippen molar-refractivity contribution in [1.82, 2.24) is 15.2 Å². The fourth-order valence-corrected chi connectivity index (χ4v) is 3.17. The zero-order valence-electron chi connectivity index (χ0n) is 15.0. The third kappa shape index (κ3) is 4.39. The van der Waals surface area contributed by atoms with Gasteiger partial charge in [-0.25, -0.2) is 4.98 Å². The first-order valence-electron chi connectivity index (χ1n) is 8.92. The van der Waals surface area contributed by atoms with E-state index in [9.17, 15) is 4.79 Å². The molecule has 6 heteroatoms. The van der Waals surface area contributed by atoms with E-state index in [2.05, 4.69) is 51.3 Å². The highest BCUT2D eigenvalue weighted by Crippen LogP contribution is 2.17. The normalized spacial score (nSPS) is 15.4. The Morgan fingerprint density at radius 2 is 2.08 bits per heavy atom. The van der Waals surface area contributed by atoms with Gasteiger partial charge in [0.15, 0.2) is 12.1 Å². The molecule has 2 aromatic rings. The van der Waals surface area contributed by atoms with Crippen LogP contribution >= 0.6 is 0 Å². The van der Waals surface area contributed by atoms with E-state index < -0.39 is 0 Å². The molecule has 1 aromatic carbocycles. The molecule has 0 spiro atoms. The highest BCUT2D eigenvalue weighted by Gasteiger charge is 2.18. The second kappa shape index (κ2) is 8.16. The number of piperazine rings is 1. The first-order chi connectivity index (χ1) is 12.2. The van der Waals surface area contributed by atoms with Crippen molar-refractivity contribution in [2.24, 2.45) is 0 Å². The summed E-state index contributed by atoms with van der Waals surface area (Å²) in [6.45, 7) is 9.60. The largest absolute Gasteiger partial charge is 0.448 e. The van der Waals surface area contributed by atoms with Crippen molar-refractivity contribution < 1.29 is 9.21 Å². The van der Waals surface area contributed by atoms with Crippen LogP contribution in [0.4, 0.5) is 5.69 Å². The number of rotatable bonds is 6. The molecule has 25 heavy (non-hydrogen) atoms. The molecule has 1 amide bonds. The summed E-state index contributed by atoms with van der Waals surface area (Å²) in [4.78, 5) is 20.9. The minimum atomic E-state index is -0.149. The van der Waals surface area contributed by atoms with Crippen LogP contribution in [0.2, 0.25) is 0 Å². The lowest BCUT2D eigenvalue weighted by Gasteiger charge is -2.36. The molecule has 1 N–H and O–H groups in total. The van der Waals surface area contributed by atoms with Gasteiger partial charge in [0.25, 0.3) is 5.91 Å². The molecule has 6 nitrogen and oxygen atoms in total.